The second-order valence-electron chi connectivity index (χ2n) is 13.8. The topological polar surface area (TPSA) is 6.48 Å². The van der Waals surface area contributed by atoms with E-state index < -0.39 is 0 Å². The highest BCUT2D eigenvalue weighted by molar-refractivity contribution is 5.21. The first-order valence-electron chi connectivity index (χ1n) is 18.3. The summed E-state index contributed by atoms with van der Waals surface area (Å²) < 4.78 is 0. The SMILES string of the molecule is CCCCCCCC(CCCCCCC)N1C2CC2N(C(CCCCCCC)CCCCCCC)C2CC21. The summed E-state index contributed by atoms with van der Waals surface area (Å²) in [4.78, 5) is 6.32. The Kier molecular flexibility index (Phi) is 16.3. The fourth-order valence-electron chi connectivity index (χ4n) is 8.01. The van der Waals surface area contributed by atoms with Crippen molar-refractivity contribution in [2.45, 2.75) is 231 Å². The molecule has 1 heterocycles. The smallest absolute Gasteiger partial charge is 0.0274 e. The van der Waals surface area contributed by atoms with Gasteiger partial charge in [-0.25, -0.2) is 0 Å². The van der Waals surface area contributed by atoms with Gasteiger partial charge in [-0.15, -0.1) is 0 Å². The van der Waals surface area contributed by atoms with E-state index in [-0.39, 0.29) is 0 Å². The van der Waals surface area contributed by atoms with Crippen molar-refractivity contribution in [3.8, 4) is 0 Å². The van der Waals surface area contributed by atoms with Gasteiger partial charge in [-0.3, -0.25) is 9.80 Å². The van der Waals surface area contributed by atoms with Crippen LogP contribution < -0.4 is 0 Å². The lowest BCUT2D eigenvalue weighted by Crippen LogP contribution is -2.53. The number of rotatable bonds is 26. The summed E-state index contributed by atoms with van der Waals surface area (Å²) in [5, 5.41) is 0. The van der Waals surface area contributed by atoms with Crippen LogP contribution in [-0.4, -0.2) is 46.1 Å². The normalized spacial score (nSPS) is 24.8. The molecule has 4 atom stereocenters. The summed E-state index contributed by atoms with van der Waals surface area (Å²) in [5.41, 5.74) is 0. The average molecular weight is 531 g/mol. The van der Waals surface area contributed by atoms with E-state index in [1.54, 1.807) is 0 Å². The van der Waals surface area contributed by atoms with Crippen LogP contribution >= 0.6 is 0 Å². The molecule has 3 fully saturated rings. The van der Waals surface area contributed by atoms with Crippen LogP contribution in [0.3, 0.4) is 0 Å². The Labute approximate surface area is 240 Å². The van der Waals surface area contributed by atoms with E-state index >= 15 is 0 Å². The van der Waals surface area contributed by atoms with Crippen LogP contribution in [0.2, 0.25) is 0 Å². The molecule has 1 saturated heterocycles. The van der Waals surface area contributed by atoms with Crippen LogP contribution in [0.4, 0.5) is 0 Å². The van der Waals surface area contributed by atoms with Crippen molar-refractivity contribution in [1.29, 1.82) is 0 Å². The standard InChI is InChI=1S/C36H70N2/c1-5-9-13-17-21-25-31(26-22-18-14-10-6-2)37-33-29-35(33)38(36-30-34(36)37)32(27-23-19-15-11-7-3)28-24-20-16-12-8-4/h31-36H,5-30H2,1-4H3. The van der Waals surface area contributed by atoms with Crippen LogP contribution in [0.1, 0.15) is 195 Å². The molecule has 0 aromatic carbocycles. The van der Waals surface area contributed by atoms with Gasteiger partial charge in [-0.1, -0.05) is 156 Å². The quantitative estimate of drug-likeness (QED) is 0.103. The van der Waals surface area contributed by atoms with E-state index in [9.17, 15) is 0 Å². The first kappa shape index (κ1) is 32.4. The molecule has 38 heavy (non-hydrogen) atoms. The maximum atomic E-state index is 3.16. The van der Waals surface area contributed by atoms with Crippen LogP contribution in [0.15, 0.2) is 0 Å². The Balaban J connectivity index is 1.55. The van der Waals surface area contributed by atoms with Crippen LogP contribution in [0.5, 0.6) is 0 Å². The zero-order chi connectivity index (χ0) is 27.0. The number of hydrogen-bond donors (Lipinski definition) is 0. The molecule has 0 N–H and O–H groups in total. The molecule has 2 heteroatoms. The summed E-state index contributed by atoms with van der Waals surface area (Å²) in [6.45, 7) is 9.40. The van der Waals surface area contributed by atoms with Crippen molar-refractivity contribution < 1.29 is 0 Å². The van der Waals surface area contributed by atoms with Gasteiger partial charge in [-0.2, -0.15) is 0 Å². The van der Waals surface area contributed by atoms with E-state index in [4.69, 9.17) is 0 Å². The predicted molar refractivity (Wildman–Crippen MR) is 169 cm³/mol. The van der Waals surface area contributed by atoms with Gasteiger partial charge < -0.3 is 0 Å². The van der Waals surface area contributed by atoms with Crippen LogP contribution in [0, 0.1) is 0 Å². The fourth-order valence-corrected chi connectivity index (χ4v) is 8.01. The van der Waals surface area contributed by atoms with Gasteiger partial charge in [0.15, 0.2) is 0 Å². The zero-order valence-electron chi connectivity index (χ0n) is 26.7. The van der Waals surface area contributed by atoms with Crippen molar-refractivity contribution >= 4 is 0 Å². The highest BCUT2D eigenvalue weighted by Crippen LogP contribution is 2.54. The maximum absolute atomic E-state index is 3.16. The Morgan fingerprint density at radius 2 is 0.605 bits per heavy atom. The molecule has 0 bridgehead atoms. The van der Waals surface area contributed by atoms with Crippen LogP contribution in [0.25, 0.3) is 0 Å². The third kappa shape index (κ3) is 10.7. The second-order valence-corrected chi connectivity index (χ2v) is 13.8. The third-order valence-corrected chi connectivity index (χ3v) is 10.4. The van der Waals surface area contributed by atoms with Gasteiger partial charge in [0.2, 0.25) is 0 Å². The summed E-state index contributed by atoms with van der Waals surface area (Å²) >= 11 is 0. The molecular weight excluding hydrogens is 460 g/mol. The molecular formula is C36H70N2. The highest BCUT2D eigenvalue weighted by Gasteiger charge is 2.64. The molecule has 3 aliphatic rings. The molecule has 224 valence electrons. The van der Waals surface area contributed by atoms with Gasteiger partial charge in [0.05, 0.1) is 0 Å². The first-order valence-corrected chi connectivity index (χ1v) is 18.3. The fraction of sp³-hybridized carbons (Fsp3) is 1.00. The van der Waals surface area contributed by atoms with Crippen molar-refractivity contribution in [3.63, 3.8) is 0 Å². The Morgan fingerprint density at radius 3 is 0.842 bits per heavy atom. The largest absolute Gasteiger partial charge is 0.291 e. The van der Waals surface area contributed by atoms with Crippen LogP contribution in [-0.2, 0) is 0 Å². The lowest BCUT2D eigenvalue weighted by atomic mass is 9.96. The molecule has 0 aromatic rings. The predicted octanol–water partition coefficient (Wildman–Crippen LogP) is 11.1. The average Bonchev–Trinajstić information content (AvgIpc) is 3.85. The zero-order valence-corrected chi connectivity index (χ0v) is 26.7. The molecule has 1 aliphatic heterocycles. The van der Waals surface area contributed by atoms with Crippen molar-refractivity contribution in [2.75, 3.05) is 0 Å². The summed E-state index contributed by atoms with van der Waals surface area (Å²) in [6.07, 6.45) is 37.8. The maximum Gasteiger partial charge on any atom is 0.0274 e. The van der Waals surface area contributed by atoms with Gasteiger partial charge in [0.25, 0.3) is 0 Å². The molecule has 4 unspecified atom stereocenters. The minimum Gasteiger partial charge on any atom is -0.291 e. The van der Waals surface area contributed by atoms with Gasteiger partial charge in [0, 0.05) is 36.3 Å². The summed E-state index contributed by atoms with van der Waals surface area (Å²) in [5.74, 6) is 0. The Hall–Kier alpha value is -0.0800. The van der Waals surface area contributed by atoms with Crippen molar-refractivity contribution in [2.24, 2.45) is 0 Å². The van der Waals surface area contributed by atoms with E-state index in [0.717, 1.165) is 36.3 Å². The molecule has 2 saturated carbocycles. The van der Waals surface area contributed by atoms with E-state index in [0.29, 0.717) is 0 Å². The van der Waals surface area contributed by atoms with E-state index in [1.807, 2.05) is 0 Å². The number of fused-ring (bicyclic) bond motifs is 2. The number of unbranched alkanes of at least 4 members (excludes halogenated alkanes) is 16. The number of hydrogen-bond acceptors (Lipinski definition) is 2. The molecule has 0 aromatic heterocycles. The summed E-state index contributed by atoms with van der Waals surface area (Å²) in [6, 6.07) is 5.45. The van der Waals surface area contributed by atoms with Gasteiger partial charge in [-0.05, 0) is 38.5 Å². The lowest BCUT2D eigenvalue weighted by Gasteiger charge is -2.42. The van der Waals surface area contributed by atoms with E-state index in [2.05, 4.69) is 37.5 Å². The van der Waals surface area contributed by atoms with E-state index in [1.165, 1.54) is 167 Å². The first-order chi connectivity index (χ1) is 18.8. The number of piperazine rings is 1. The van der Waals surface area contributed by atoms with Crippen molar-refractivity contribution in [1.82, 2.24) is 9.80 Å². The minimum absolute atomic E-state index is 0.895. The van der Waals surface area contributed by atoms with Gasteiger partial charge in [0.1, 0.15) is 0 Å². The molecule has 2 nitrogen and oxygen atoms in total. The Morgan fingerprint density at radius 1 is 0.368 bits per heavy atom. The number of nitrogens with zero attached hydrogens (tertiary/aromatic N) is 2. The van der Waals surface area contributed by atoms with Crippen molar-refractivity contribution in [3.05, 3.63) is 0 Å². The van der Waals surface area contributed by atoms with Gasteiger partial charge >= 0.3 is 0 Å². The second kappa shape index (κ2) is 19.1. The molecule has 0 radical (unpaired) electrons. The molecule has 0 amide bonds. The molecule has 2 aliphatic carbocycles. The minimum atomic E-state index is 0.895. The summed E-state index contributed by atoms with van der Waals surface area (Å²) in [7, 11) is 0. The Bertz CT molecular complexity index is 482. The lowest BCUT2D eigenvalue weighted by molar-refractivity contribution is 0.0481. The highest BCUT2D eigenvalue weighted by atomic mass is 15.5. The molecule has 3 rings (SSSR count). The molecule has 0 spiro atoms. The third-order valence-electron chi connectivity index (χ3n) is 10.4. The monoisotopic (exact) mass is 531 g/mol.